The normalized spacial score (nSPS) is 10.7. The van der Waals surface area contributed by atoms with Crippen LogP contribution in [0.5, 0.6) is 0 Å². The lowest BCUT2D eigenvalue weighted by molar-refractivity contribution is 0.143. The summed E-state index contributed by atoms with van der Waals surface area (Å²) in [4.78, 5) is 0. The minimum atomic E-state index is -0.942. The Balaban J connectivity index is 2.08. The monoisotopic (exact) mass is 250 g/mol. The summed E-state index contributed by atoms with van der Waals surface area (Å²) in [6, 6.07) is 18.6. The number of hydrogen-bond acceptors (Lipinski definition) is 1. The second-order valence-electron chi connectivity index (χ2n) is 5.17. The third-order valence-electron chi connectivity index (χ3n) is 2.72. The van der Waals surface area contributed by atoms with Crippen molar-refractivity contribution in [3.8, 4) is 11.8 Å². The number of hydrogen-bond donors (Lipinski definition) is 1. The fraction of sp³-hybridized carbons (Fsp3) is 0.222. The molecule has 0 fully saturated rings. The second kappa shape index (κ2) is 5.73. The van der Waals surface area contributed by atoms with Gasteiger partial charge in [0.25, 0.3) is 0 Å². The van der Waals surface area contributed by atoms with Gasteiger partial charge in [0.05, 0.1) is 0 Å². The zero-order valence-corrected chi connectivity index (χ0v) is 11.4. The minimum absolute atomic E-state index is 0.930. The van der Waals surface area contributed by atoms with Crippen LogP contribution < -0.4 is 0 Å². The molecule has 1 N–H and O–H groups in total. The molecule has 1 heteroatoms. The van der Waals surface area contributed by atoms with Crippen molar-refractivity contribution < 1.29 is 5.11 Å². The maximum Gasteiger partial charge on any atom is 0.120 e. The fourth-order valence-corrected chi connectivity index (χ4v) is 1.76. The lowest BCUT2D eigenvalue weighted by atomic mass is 10.0. The summed E-state index contributed by atoms with van der Waals surface area (Å²) >= 11 is 0. The topological polar surface area (TPSA) is 20.2 Å². The van der Waals surface area contributed by atoms with Crippen molar-refractivity contribution in [3.05, 3.63) is 71.3 Å². The Kier molecular flexibility index (Phi) is 4.04. The molecule has 0 heterocycles. The Labute approximate surface area is 114 Å². The molecule has 0 spiro atoms. The maximum atomic E-state index is 9.55. The van der Waals surface area contributed by atoms with Gasteiger partial charge in [-0.3, -0.25) is 0 Å². The van der Waals surface area contributed by atoms with Gasteiger partial charge in [0, 0.05) is 5.56 Å². The zero-order valence-electron chi connectivity index (χ0n) is 11.4. The van der Waals surface area contributed by atoms with Crippen LogP contribution in [-0.2, 0) is 6.42 Å². The van der Waals surface area contributed by atoms with Gasteiger partial charge >= 0.3 is 0 Å². The molecule has 0 aromatic heterocycles. The molecule has 2 rings (SSSR count). The molecule has 0 aliphatic carbocycles. The molecule has 0 atom stereocenters. The number of aliphatic hydroxyl groups is 1. The number of rotatable bonds is 2. The molecule has 19 heavy (non-hydrogen) atoms. The van der Waals surface area contributed by atoms with Crippen LogP contribution in [0.4, 0.5) is 0 Å². The lowest BCUT2D eigenvalue weighted by Gasteiger charge is -2.06. The molecular formula is C18H18O. The first-order valence-electron chi connectivity index (χ1n) is 6.41. The van der Waals surface area contributed by atoms with E-state index >= 15 is 0 Å². The second-order valence-corrected chi connectivity index (χ2v) is 5.17. The van der Waals surface area contributed by atoms with E-state index in [1.165, 1.54) is 11.1 Å². The Hall–Kier alpha value is -2.04. The van der Waals surface area contributed by atoms with Crippen LogP contribution in [0.15, 0.2) is 54.6 Å². The molecule has 0 aliphatic rings. The highest BCUT2D eigenvalue weighted by Crippen LogP contribution is 2.10. The highest BCUT2D eigenvalue weighted by molar-refractivity contribution is 5.38. The van der Waals surface area contributed by atoms with Gasteiger partial charge in [-0.15, -0.1) is 0 Å². The summed E-state index contributed by atoms with van der Waals surface area (Å²) < 4.78 is 0. The van der Waals surface area contributed by atoms with Crippen molar-refractivity contribution in [1.82, 2.24) is 0 Å². The van der Waals surface area contributed by atoms with Crippen molar-refractivity contribution in [3.63, 3.8) is 0 Å². The minimum Gasteiger partial charge on any atom is -0.378 e. The molecule has 0 bridgehead atoms. The fourth-order valence-electron chi connectivity index (χ4n) is 1.76. The van der Waals surface area contributed by atoms with E-state index in [1.807, 2.05) is 18.2 Å². The lowest BCUT2D eigenvalue weighted by Crippen LogP contribution is -2.14. The summed E-state index contributed by atoms with van der Waals surface area (Å²) in [6.07, 6.45) is 0.931. The maximum absolute atomic E-state index is 9.55. The van der Waals surface area contributed by atoms with E-state index in [2.05, 4.69) is 48.2 Å². The molecule has 96 valence electrons. The average molecular weight is 250 g/mol. The van der Waals surface area contributed by atoms with Crippen LogP contribution in [0.3, 0.4) is 0 Å². The van der Waals surface area contributed by atoms with Crippen LogP contribution >= 0.6 is 0 Å². The predicted molar refractivity (Wildman–Crippen MR) is 78.9 cm³/mol. The van der Waals surface area contributed by atoms with Gasteiger partial charge in [0.1, 0.15) is 5.60 Å². The quantitative estimate of drug-likeness (QED) is 0.810. The molecule has 2 aromatic carbocycles. The van der Waals surface area contributed by atoms with E-state index in [0.717, 1.165) is 12.0 Å². The van der Waals surface area contributed by atoms with E-state index in [4.69, 9.17) is 0 Å². The molecule has 0 radical (unpaired) electrons. The van der Waals surface area contributed by atoms with Crippen molar-refractivity contribution in [2.75, 3.05) is 0 Å². The van der Waals surface area contributed by atoms with E-state index in [-0.39, 0.29) is 0 Å². The highest BCUT2D eigenvalue weighted by atomic mass is 16.3. The first-order chi connectivity index (χ1) is 9.03. The van der Waals surface area contributed by atoms with E-state index in [0.29, 0.717) is 0 Å². The summed E-state index contributed by atoms with van der Waals surface area (Å²) in [6.45, 7) is 3.37. The van der Waals surface area contributed by atoms with E-state index in [1.54, 1.807) is 13.8 Å². The molecular weight excluding hydrogens is 232 g/mol. The third kappa shape index (κ3) is 4.62. The van der Waals surface area contributed by atoms with Crippen LogP contribution in [0.2, 0.25) is 0 Å². The molecule has 0 saturated heterocycles. The highest BCUT2D eigenvalue weighted by Gasteiger charge is 2.05. The van der Waals surface area contributed by atoms with Crippen molar-refractivity contribution in [1.29, 1.82) is 0 Å². The molecule has 0 saturated carbocycles. The first-order valence-corrected chi connectivity index (χ1v) is 6.41. The van der Waals surface area contributed by atoms with E-state index in [9.17, 15) is 5.11 Å². The zero-order chi connectivity index (χ0) is 13.7. The smallest absolute Gasteiger partial charge is 0.120 e. The van der Waals surface area contributed by atoms with Gasteiger partial charge in [0.15, 0.2) is 0 Å². The van der Waals surface area contributed by atoms with Gasteiger partial charge in [-0.25, -0.2) is 0 Å². The Morgan fingerprint density at radius 3 is 2.05 bits per heavy atom. The summed E-state index contributed by atoms with van der Waals surface area (Å²) in [5, 5.41) is 9.55. The van der Waals surface area contributed by atoms with Gasteiger partial charge in [0.2, 0.25) is 0 Å². The summed E-state index contributed by atoms with van der Waals surface area (Å²) in [5.74, 6) is 5.79. The molecule has 0 unspecified atom stereocenters. The third-order valence-corrected chi connectivity index (χ3v) is 2.72. The van der Waals surface area contributed by atoms with Crippen LogP contribution in [0.1, 0.15) is 30.5 Å². The van der Waals surface area contributed by atoms with Gasteiger partial charge in [-0.1, -0.05) is 54.3 Å². The van der Waals surface area contributed by atoms with Gasteiger partial charge < -0.3 is 5.11 Å². The first kappa shape index (κ1) is 13.4. The van der Waals surface area contributed by atoms with Crippen LogP contribution in [0.25, 0.3) is 0 Å². The van der Waals surface area contributed by atoms with Crippen molar-refractivity contribution >= 4 is 0 Å². The van der Waals surface area contributed by atoms with Crippen LogP contribution in [0, 0.1) is 11.8 Å². The molecule has 1 nitrogen and oxygen atoms in total. The largest absolute Gasteiger partial charge is 0.378 e. The molecule has 0 amide bonds. The van der Waals surface area contributed by atoms with Gasteiger partial charge in [-0.05, 0) is 43.5 Å². The Morgan fingerprint density at radius 2 is 1.47 bits per heavy atom. The molecule has 0 aliphatic heterocycles. The SMILES string of the molecule is CC(C)(O)C#Cc1ccc(Cc2ccccc2)cc1. The van der Waals surface area contributed by atoms with E-state index < -0.39 is 5.60 Å². The molecule has 2 aromatic rings. The van der Waals surface area contributed by atoms with Gasteiger partial charge in [-0.2, -0.15) is 0 Å². The Morgan fingerprint density at radius 1 is 0.895 bits per heavy atom. The van der Waals surface area contributed by atoms with Crippen molar-refractivity contribution in [2.24, 2.45) is 0 Å². The number of benzene rings is 2. The van der Waals surface area contributed by atoms with Crippen molar-refractivity contribution in [2.45, 2.75) is 25.9 Å². The van der Waals surface area contributed by atoms with Crippen LogP contribution in [-0.4, -0.2) is 10.7 Å². The summed E-state index contributed by atoms with van der Waals surface area (Å²) in [5.41, 5.74) is 2.56. The average Bonchev–Trinajstić information content (AvgIpc) is 2.38. The predicted octanol–water partition coefficient (Wildman–Crippen LogP) is 3.40. The standard InChI is InChI=1S/C18H18O/c1-18(2,19)13-12-15-8-10-17(11-9-15)14-16-6-4-3-5-7-16/h3-11,19H,14H2,1-2H3. The Bertz CT molecular complexity index is 578. The summed E-state index contributed by atoms with van der Waals surface area (Å²) in [7, 11) is 0.